The van der Waals surface area contributed by atoms with Gasteiger partial charge in [0.25, 0.3) is 5.69 Å². The third kappa shape index (κ3) is 3.23. The molecule has 0 aliphatic carbocycles. The fourth-order valence-corrected chi connectivity index (χ4v) is 3.24. The number of phenolic OH excluding ortho intramolecular Hbond substituents is 1. The van der Waals surface area contributed by atoms with Gasteiger partial charge in [0.05, 0.1) is 16.5 Å². The number of rotatable bonds is 3. The van der Waals surface area contributed by atoms with E-state index in [2.05, 4.69) is 31.0 Å². The van der Waals surface area contributed by atoms with Crippen molar-refractivity contribution >= 4 is 5.69 Å². The number of hydrogen-bond donors (Lipinski definition) is 2. The number of phenols is 1. The van der Waals surface area contributed by atoms with Gasteiger partial charge < -0.3 is 10.4 Å². The molecule has 1 aliphatic rings. The van der Waals surface area contributed by atoms with Gasteiger partial charge in [0, 0.05) is 32.2 Å². The third-order valence-corrected chi connectivity index (χ3v) is 4.20. The Hall–Kier alpha value is -1.66. The molecule has 1 heterocycles. The molecule has 0 saturated carbocycles. The highest BCUT2D eigenvalue weighted by Gasteiger charge is 2.39. The summed E-state index contributed by atoms with van der Waals surface area (Å²) in [5.41, 5.74) is 0.888. The Labute approximate surface area is 131 Å². The van der Waals surface area contributed by atoms with Crippen LogP contribution < -0.4 is 5.32 Å². The Kier molecular flexibility index (Phi) is 4.72. The number of piperazine rings is 1. The zero-order valence-electron chi connectivity index (χ0n) is 13.7. The van der Waals surface area contributed by atoms with E-state index in [0.717, 1.165) is 26.2 Å². The second-order valence-corrected chi connectivity index (χ2v) is 6.98. The topological polar surface area (TPSA) is 78.6 Å². The fraction of sp³-hybridized carbons (Fsp3) is 0.625. The number of aromatic hydroxyl groups is 1. The molecule has 0 amide bonds. The van der Waals surface area contributed by atoms with Crippen molar-refractivity contribution in [2.75, 3.05) is 26.2 Å². The molecule has 6 nitrogen and oxygen atoms in total. The van der Waals surface area contributed by atoms with Crippen molar-refractivity contribution in [1.82, 2.24) is 10.2 Å². The lowest BCUT2D eigenvalue weighted by molar-refractivity contribution is -0.386. The average Bonchev–Trinajstić information content (AvgIpc) is 2.43. The number of benzene rings is 1. The van der Waals surface area contributed by atoms with Gasteiger partial charge in [0.2, 0.25) is 0 Å². The van der Waals surface area contributed by atoms with Crippen LogP contribution >= 0.6 is 0 Å². The smallest absolute Gasteiger partial charge is 0.277 e. The molecule has 0 unspecified atom stereocenters. The Bertz CT molecular complexity index is 560. The summed E-state index contributed by atoms with van der Waals surface area (Å²) in [5.74, 6) is 0.0488. The first kappa shape index (κ1) is 16.7. The van der Waals surface area contributed by atoms with Crippen LogP contribution in [0.4, 0.5) is 5.69 Å². The molecule has 1 aromatic rings. The second kappa shape index (κ2) is 6.22. The van der Waals surface area contributed by atoms with Crippen molar-refractivity contribution in [2.24, 2.45) is 5.41 Å². The van der Waals surface area contributed by atoms with E-state index >= 15 is 0 Å². The predicted octanol–water partition coefficient (Wildman–Crippen LogP) is 2.60. The maximum Gasteiger partial charge on any atom is 0.277 e. The first-order chi connectivity index (χ1) is 10.2. The fourth-order valence-electron chi connectivity index (χ4n) is 3.24. The molecule has 0 bridgehead atoms. The van der Waals surface area contributed by atoms with Gasteiger partial charge >= 0.3 is 0 Å². The van der Waals surface area contributed by atoms with E-state index < -0.39 is 4.92 Å². The van der Waals surface area contributed by atoms with Gasteiger partial charge in [-0.15, -0.1) is 0 Å². The van der Waals surface area contributed by atoms with Crippen molar-refractivity contribution in [3.8, 4) is 5.75 Å². The Balaban J connectivity index is 2.61. The van der Waals surface area contributed by atoms with Crippen LogP contribution in [0.5, 0.6) is 5.75 Å². The molecule has 1 aliphatic heterocycles. The SMILES string of the molecule is Cc1ccc([N+](=O)[O-])c([C@H](N2CCNCC2)C(C)(C)C)c1O. The minimum Gasteiger partial charge on any atom is -0.507 e. The number of aryl methyl sites for hydroxylation is 1. The summed E-state index contributed by atoms with van der Waals surface area (Å²) < 4.78 is 0. The van der Waals surface area contributed by atoms with Crippen molar-refractivity contribution in [3.05, 3.63) is 33.4 Å². The van der Waals surface area contributed by atoms with Gasteiger partial charge in [-0.05, 0) is 24.0 Å². The molecule has 22 heavy (non-hydrogen) atoms. The first-order valence-electron chi connectivity index (χ1n) is 7.65. The van der Waals surface area contributed by atoms with Gasteiger partial charge in [-0.1, -0.05) is 20.8 Å². The first-order valence-corrected chi connectivity index (χ1v) is 7.65. The van der Waals surface area contributed by atoms with Crippen LogP contribution in [0.1, 0.15) is 37.9 Å². The monoisotopic (exact) mass is 307 g/mol. The van der Waals surface area contributed by atoms with Crippen LogP contribution in [0, 0.1) is 22.5 Å². The molecule has 1 saturated heterocycles. The number of nitro groups is 1. The summed E-state index contributed by atoms with van der Waals surface area (Å²) in [5, 5.41) is 25.3. The van der Waals surface area contributed by atoms with E-state index in [1.807, 2.05) is 0 Å². The predicted molar refractivity (Wildman–Crippen MR) is 86.1 cm³/mol. The summed E-state index contributed by atoms with van der Waals surface area (Å²) in [6.45, 7) is 11.3. The van der Waals surface area contributed by atoms with E-state index in [4.69, 9.17) is 0 Å². The lowest BCUT2D eigenvalue weighted by Crippen LogP contribution is -2.48. The van der Waals surface area contributed by atoms with Gasteiger partial charge in [-0.25, -0.2) is 0 Å². The maximum absolute atomic E-state index is 11.5. The van der Waals surface area contributed by atoms with Crippen LogP contribution in [0.15, 0.2) is 12.1 Å². The zero-order valence-corrected chi connectivity index (χ0v) is 13.7. The lowest BCUT2D eigenvalue weighted by Gasteiger charge is -2.42. The third-order valence-electron chi connectivity index (χ3n) is 4.20. The summed E-state index contributed by atoms with van der Waals surface area (Å²) in [4.78, 5) is 13.3. The second-order valence-electron chi connectivity index (χ2n) is 6.98. The highest BCUT2D eigenvalue weighted by molar-refractivity contribution is 5.55. The quantitative estimate of drug-likeness (QED) is 0.663. The summed E-state index contributed by atoms with van der Waals surface area (Å²) >= 11 is 0. The van der Waals surface area contributed by atoms with Crippen LogP contribution in [0.3, 0.4) is 0 Å². The summed E-state index contributed by atoms with van der Waals surface area (Å²) in [7, 11) is 0. The molecule has 0 radical (unpaired) electrons. The van der Waals surface area contributed by atoms with Crippen LogP contribution in [0.2, 0.25) is 0 Å². The number of nitrogens with one attached hydrogen (secondary N) is 1. The molecule has 2 rings (SSSR count). The Morgan fingerprint density at radius 2 is 1.91 bits per heavy atom. The molecule has 1 atom stereocenters. The lowest BCUT2D eigenvalue weighted by atomic mass is 9.79. The number of nitro benzene ring substituents is 1. The normalized spacial score (nSPS) is 18.2. The van der Waals surface area contributed by atoms with Crippen molar-refractivity contribution in [2.45, 2.75) is 33.7 Å². The zero-order chi connectivity index (χ0) is 16.5. The molecule has 0 spiro atoms. The van der Waals surface area contributed by atoms with Crippen molar-refractivity contribution < 1.29 is 10.0 Å². The summed E-state index contributed by atoms with van der Waals surface area (Å²) in [6, 6.07) is 2.91. The Morgan fingerprint density at radius 3 is 2.41 bits per heavy atom. The number of hydrogen-bond acceptors (Lipinski definition) is 5. The highest BCUT2D eigenvalue weighted by Crippen LogP contribution is 2.46. The highest BCUT2D eigenvalue weighted by atomic mass is 16.6. The van der Waals surface area contributed by atoms with Gasteiger partial charge in [0.15, 0.2) is 0 Å². The minimum atomic E-state index is -0.393. The summed E-state index contributed by atoms with van der Waals surface area (Å²) in [6.07, 6.45) is 0. The Morgan fingerprint density at radius 1 is 1.32 bits per heavy atom. The van der Waals surface area contributed by atoms with E-state index in [1.165, 1.54) is 6.07 Å². The van der Waals surface area contributed by atoms with Gasteiger partial charge in [-0.2, -0.15) is 0 Å². The molecule has 1 fully saturated rings. The molecular formula is C16H25N3O3. The van der Waals surface area contributed by atoms with Gasteiger partial charge in [-0.3, -0.25) is 15.0 Å². The maximum atomic E-state index is 11.5. The van der Waals surface area contributed by atoms with E-state index in [1.54, 1.807) is 13.0 Å². The average molecular weight is 307 g/mol. The molecule has 0 aromatic heterocycles. The van der Waals surface area contributed by atoms with Gasteiger partial charge in [0.1, 0.15) is 5.75 Å². The van der Waals surface area contributed by atoms with Crippen molar-refractivity contribution in [3.63, 3.8) is 0 Å². The molecule has 1 aromatic carbocycles. The molecular weight excluding hydrogens is 282 g/mol. The largest absolute Gasteiger partial charge is 0.507 e. The van der Waals surface area contributed by atoms with Crippen LogP contribution in [-0.4, -0.2) is 41.1 Å². The van der Waals surface area contributed by atoms with Crippen LogP contribution in [-0.2, 0) is 0 Å². The van der Waals surface area contributed by atoms with Crippen molar-refractivity contribution in [1.29, 1.82) is 0 Å². The van der Waals surface area contributed by atoms with E-state index in [9.17, 15) is 15.2 Å². The van der Waals surface area contributed by atoms with Crippen LogP contribution in [0.25, 0.3) is 0 Å². The van der Waals surface area contributed by atoms with E-state index in [0.29, 0.717) is 11.1 Å². The van der Waals surface area contributed by atoms with E-state index in [-0.39, 0.29) is 22.9 Å². The standard InChI is InChI=1S/C16H25N3O3/c1-11-5-6-12(19(21)22)13(14(11)20)15(16(2,3)4)18-9-7-17-8-10-18/h5-6,15,17,20H,7-10H2,1-4H3/t15-/m0/s1. The molecule has 6 heteroatoms. The number of nitrogens with zero attached hydrogens (tertiary/aromatic N) is 2. The minimum absolute atomic E-state index is 0.00144. The molecule has 2 N–H and O–H groups in total. The molecule has 122 valence electrons.